The molecule has 0 unspecified atom stereocenters. The average molecular weight is 1030 g/mol. The normalized spacial score (nSPS) is 11.5. The number of hydrogen-bond acceptors (Lipinski definition) is 3. The molecule has 0 saturated carbocycles. The molecule has 0 bridgehead atoms. The maximum atomic E-state index is 6.54. The Balaban J connectivity index is 0.945. The molecule has 0 N–H and O–H groups in total. The summed E-state index contributed by atoms with van der Waals surface area (Å²) in [4.78, 5) is 2.36. The fourth-order valence-corrected chi connectivity index (χ4v) is 12.3. The van der Waals surface area contributed by atoms with Crippen LogP contribution in [-0.4, -0.2) is 0 Å². The van der Waals surface area contributed by atoms with Crippen LogP contribution in [0, 0.1) is 0 Å². The lowest BCUT2D eigenvalue weighted by Crippen LogP contribution is -2.10. The Hall–Kier alpha value is -10.7. The Bertz CT molecular complexity index is 4480. The summed E-state index contributed by atoms with van der Waals surface area (Å²) in [5.41, 5.74) is 24.8. The molecule has 0 aliphatic carbocycles. The number of hydrogen-bond donors (Lipinski definition) is 0. The third-order valence-electron chi connectivity index (χ3n) is 15.9. The number of fused-ring (bicyclic) bond motifs is 6. The standard InChI is InChI=1S/C78H51NO2/c1-6-22-54(23-7-1)71-72(55-24-8-2-9-25-55)74(57-28-12-4-13-29-57)76(75(58-30-14-5-15-31-58)73(71)56-26-10-3-11-27-56)59-44-50-62(51-45-59)79(60-46-40-52(41-47-60)63-34-20-36-67-65-32-16-18-38-69(65)80-77(63)67)61-48-42-53(43-49-61)64-35-21-37-68-66-33-17-19-39-70(66)81-78(64)68/h1-51H. The summed E-state index contributed by atoms with van der Waals surface area (Å²) in [5.74, 6) is 0. The molecule has 2 aromatic heterocycles. The summed E-state index contributed by atoms with van der Waals surface area (Å²) in [7, 11) is 0. The van der Waals surface area contributed by atoms with Gasteiger partial charge in [-0.2, -0.15) is 0 Å². The molecule has 0 atom stereocenters. The molecule has 0 aliphatic rings. The van der Waals surface area contributed by atoms with Gasteiger partial charge in [0, 0.05) is 49.7 Å². The molecule has 380 valence electrons. The molecule has 15 rings (SSSR count). The van der Waals surface area contributed by atoms with Gasteiger partial charge in [-0.1, -0.05) is 261 Å². The van der Waals surface area contributed by atoms with Crippen molar-refractivity contribution >= 4 is 60.9 Å². The highest BCUT2D eigenvalue weighted by Crippen LogP contribution is 2.56. The van der Waals surface area contributed by atoms with E-state index in [1.807, 2.05) is 24.3 Å². The number of rotatable bonds is 11. The summed E-state index contributed by atoms with van der Waals surface area (Å²) in [5, 5.41) is 4.46. The Morgan fingerprint density at radius 3 is 0.741 bits per heavy atom. The summed E-state index contributed by atoms with van der Waals surface area (Å²) in [6.45, 7) is 0. The second kappa shape index (κ2) is 20.2. The number of benzene rings is 13. The van der Waals surface area contributed by atoms with E-state index >= 15 is 0 Å². The van der Waals surface area contributed by atoms with Gasteiger partial charge in [0.2, 0.25) is 0 Å². The van der Waals surface area contributed by atoms with Gasteiger partial charge in [-0.05, 0) is 126 Å². The zero-order chi connectivity index (χ0) is 53.6. The highest BCUT2D eigenvalue weighted by Gasteiger charge is 2.29. The van der Waals surface area contributed by atoms with Crippen LogP contribution in [0.3, 0.4) is 0 Å². The van der Waals surface area contributed by atoms with Crippen LogP contribution in [0.4, 0.5) is 17.1 Å². The van der Waals surface area contributed by atoms with Crippen LogP contribution in [0.25, 0.3) is 133 Å². The Morgan fingerprint density at radius 1 is 0.185 bits per heavy atom. The van der Waals surface area contributed by atoms with Crippen LogP contribution in [0.2, 0.25) is 0 Å². The fraction of sp³-hybridized carbons (Fsp3) is 0. The van der Waals surface area contributed by atoms with E-state index < -0.39 is 0 Å². The van der Waals surface area contributed by atoms with E-state index in [0.717, 1.165) is 122 Å². The molecule has 81 heavy (non-hydrogen) atoms. The lowest BCUT2D eigenvalue weighted by Gasteiger charge is -2.29. The second-order valence-corrected chi connectivity index (χ2v) is 20.6. The van der Waals surface area contributed by atoms with E-state index in [1.54, 1.807) is 0 Å². The highest BCUT2D eigenvalue weighted by molar-refractivity contribution is 6.16. The number of anilines is 3. The van der Waals surface area contributed by atoms with Crippen molar-refractivity contribution in [2.24, 2.45) is 0 Å². The van der Waals surface area contributed by atoms with Crippen molar-refractivity contribution in [2.45, 2.75) is 0 Å². The maximum absolute atomic E-state index is 6.54. The Labute approximate surface area is 470 Å². The lowest BCUT2D eigenvalue weighted by molar-refractivity contribution is 0.669. The van der Waals surface area contributed by atoms with Crippen molar-refractivity contribution in [2.75, 3.05) is 4.90 Å². The molecular formula is C78H51NO2. The Kier molecular flexibility index (Phi) is 11.9. The van der Waals surface area contributed by atoms with E-state index in [2.05, 4.69) is 290 Å². The monoisotopic (exact) mass is 1030 g/mol. The highest BCUT2D eigenvalue weighted by atomic mass is 16.3. The van der Waals surface area contributed by atoms with Crippen molar-refractivity contribution in [1.82, 2.24) is 0 Å². The summed E-state index contributed by atoms with van der Waals surface area (Å²) < 4.78 is 13.1. The molecule has 15 aromatic rings. The molecule has 0 aliphatic heterocycles. The first-order valence-electron chi connectivity index (χ1n) is 27.6. The van der Waals surface area contributed by atoms with Crippen molar-refractivity contribution in [1.29, 1.82) is 0 Å². The van der Waals surface area contributed by atoms with Crippen LogP contribution in [0.5, 0.6) is 0 Å². The van der Waals surface area contributed by atoms with E-state index in [1.165, 1.54) is 27.8 Å². The van der Waals surface area contributed by atoms with Crippen LogP contribution >= 0.6 is 0 Å². The van der Waals surface area contributed by atoms with Crippen LogP contribution in [0.1, 0.15) is 0 Å². The first-order valence-corrected chi connectivity index (χ1v) is 27.6. The van der Waals surface area contributed by atoms with Gasteiger partial charge in [-0.3, -0.25) is 0 Å². The number of furan rings is 2. The van der Waals surface area contributed by atoms with Gasteiger partial charge in [-0.15, -0.1) is 0 Å². The maximum Gasteiger partial charge on any atom is 0.143 e. The molecule has 0 saturated heterocycles. The van der Waals surface area contributed by atoms with Gasteiger partial charge in [0.25, 0.3) is 0 Å². The quantitative estimate of drug-likeness (QED) is 0.129. The molecule has 13 aromatic carbocycles. The van der Waals surface area contributed by atoms with E-state index in [0.29, 0.717) is 0 Å². The predicted molar refractivity (Wildman–Crippen MR) is 339 cm³/mol. The molecular weight excluding hydrogens is 983 g/mol. The van der Waals surface area contributed by atoms with E-state index in [-0.39, 0.29) is 0 Å². The molecule has 2 heterocycles. The van der Waals surface area contributed by atoms with Gasteiger partial charge in [0.15, 0.2) is 0 Å². The Morgan fingerprint density at radius 2 is 0.432 bits per heavy atom. The smallest absolute Gasteiger partial charge is 0.143 e. The molecule has 0 fully saturated rings. The minimum Gasteiger partial charge on any atom is -0.455 e. The van der Waals surface area contributed by atoms with Crippen molar-refractivity contribution in [3.63, 3.8) is 0 Å². The molecule has 0 amide bonds. The van der Waals surface area contributed by atoms with Gasteiger partial charge >= 0.3 is 0 Å². The average Bonchev–Trinajstić information content (AvgIpc) is 4.09. The molecule has 0 spiro atoms. The molecule has 3 heteroatoms. The zero-order valence-electron chi connectivity index (χ0n) is 44.2. The van der Waals surface area contributed by atoms with Gasteiger partial charge < -0.3 is 13.7 Å². The third-order valence-corrected chi connectivity index (χ3v) is 15.9. The lowest BCUT2D eigenvalue weighted by atomic mass is 9.74. The topological polar surface area (TPSA) is 29.5 Å². The molecule has 0 radical (unpaired) electrons. The third kappa shape index (κ3) is 8.39. The minimum absolute atomic E-state index is 0.887. The van der Waals surface area contributed by atoms with Crippen LogP contribution < -0.4 is 4.90 Å². The van der Waals surface area contributed by atoms with Gasteiger partial charge in [-0.25, -0.2) is 0 Å². The first kappa shape index (κ1) is 47.5. The van der Waals surface area contributed by atoms with E-state index in [9.17, 15) is 0 Å². The predicted octanol–water partition coefficient (Wildman–Crippen LogP) is 22.3. The summed E-state index contributed by atoms with van der Waals surface area (Å²) in [6, 6.07) is 111. The largest absolute Gasteiger partial charge is 0.455 e. The van der Waals surface area contributed by atoms with Crippen LogP contribution in [0.15, 0.2) is 318 Å². The molecule has 3 nitrogen and oxygen atoms in total. The van der Waals surface area contributed by atoms with Crippen molar-refractivity contribution < 1.29 is 8.83 Å². The fourth-order valence-electron chi connectivity index (χ4n) is 12.3. The van der Waals surface area contributed by atoms with E-state index in [4.69, 9.17) is 8.83 Å². The SMILES string of the molecule is c1ccc(-c2c(-c3ccccc3)c(-c3ccccc3)c(-c3ccc(N(c4ccc(-c5cccc6c5oc5ccccc56)cc4)c4ccc(-c5cccc6c5oc5ccccc56)cc4)cc3)c(-c3ccccc3)c2-c2ccccc2)cc1. The summed E-state index contributed by atoms with van der Waals surface area (Å²) >= 11 is 0. The van der Waals surface area contributed by atoms with Crippen molar-refractivity contribution in [3.8, 4) is 89.0 Å². The van der Waals surface area contributed by atoms with Crippen molar-refractivity contribution in [3.05, 3.63) is 309 Å². The van der Waals surface area contributed by atoms with Crippen LogP contribution in [-0.2, 0) is 0 Å². The minimum atomic E-state index is 0.887. The number of para-hydroxylation sites is 4. The second-order valence-electron chi connectivity index (χ2n) is 20.6. The summed E-state index contributed by atoms with van der Waals surface area (Å²) in [6.07, 6.45) is 0. The number of nitrogens with zero attached hydrogens (tertiary/aromatic N) is 1. The zero-order valence-corrected chi connectivity index (χ0v) is 44.2. The van der Waals surface area contributed by atoms with Gasteiger partial charge in [0.05, 0.1) is 0 Å². The first-order chi connectivity index (χ1) is 40.2. The van der Waals surface area contributed by atoms with Gasteiger partial charge in [0.1, 0.15) is 22.3 Å².